The van der Waals surface area contributed by atoms with Crippen molar-refractivity contribution in [2.24, 2.45) is 0 Å². The Labute approximate surface area is 170 Å². The van der Waals surface area contributed by atoms with Crippen LogP contribution in [0.4, 0.5) is 9.18 Å². The average molecular weight is 439 g/mol. The number of amides is 3. The molecule has 1 saturated heterocycles. The highest BCUT2D eigenvalue weighted by molar-refractivity contribution is 9.10. The summed E-state index contributed by atoms with van der Waals surface area (Å²) in [5.41, 5.74) is 0.703. The lowest BCUT2D eigenvalue weighted by molar-refractivity contribution is -0.130. The quantitative estimate of drug-likeness (QED) is 0.605. The summed E-state index contributed by atoms with van der Waals surface area (Å²) >= 11 is 3.30. The van der Waals surface area contributed by atoms with Gasteiger partial charge >= 0.3 is 6.03 Å². The third-order valence-corrected chi connectivity index (χ3v) is 5.60. The van der Waals surface area contributed by atoms with Gasteiger partial charge in [0.05, 0.1) is 6.54 Å². The van der Waals surface area contributed by atoms with E-state index >= 15 is 0 Å². The summed E-state index contributed by atoms with van der Waals surface area (Å²) in [7, 11) is 0. The molecule has 28 heavy (non-hydrogen) atoms. The highest BCUT2D eigenvalue weighted by Crippen LogP contribution is 2.37. The average Bonchev–Trinajstić information content (AvgIpc) is 2.97. The SMILES string of the molecule is O=C1NC(c2ccccc2)(c2ccccc2)C(=O)N1Cc1ccc(F)cc1Br. The summed E-state index contributed by atoms with van der Waals surface area (Å²) in [5, 5.41) is 2.90. The largest absolute Gasteiger partial charge is 0.325 e. The molecule has 0 bridgehead atoms. The van der Waals surface area contributed by atoms with Crippen molar-refractivity contribution in [3.8, 4) is 0 Å². The van der Waals surface area contributed by atoms with Crippen molar-refractivity contribution in [2.75, 3.05) is 0 Å². The van der Waals surface area contributed by atoms with Crippen LogP contribution in [0.5, 0.6) is 0 Å². The summed E-state index contributed by atoms with van der Waals surface area (Å²) in [6.07, 6.45) is 0. The molecule has 0 unspecified atom stereocenters. The molecule has 3 aromatic carbocycles. The smallest absolute Gasteiger partial charge is 0.315 e. The Morgan fingerprint density at radius 2 is 1.46 bits per heavy atom. The lowest BCUT2D eigenvalue weighted by atomic mass is 9.82. The maximum absolute atomic E-state index is 13.6. The van der Waals surface area contributed by atoms with E-state index in [1.165, 1.54) is 12.1 Å². The van der Waals surface area contributed by atoms with Gasteiger partial charge in [-0.3, -0.25) is 9.69 Å². The first-order chi connectivity index (χ1) is 13.5. The summed E-state index contributed by atoms with van der Waals surface area (Å²) < 4.78 is 13.9. The van der Waals surface area contributed by atoms with Gasteiger partial charge in [-0.2, -0.15) is 0 Å². The molecule has 4 rings (SSSR count). The fraction of sp³-hybridized carbons (Fsp3) is 0.0909. The molecule has 0 spiro atoms. The number of carbonyl (C=O) groups is 2. The van der Waals surface area contributed by atoms with Crippen molar-refractivity contribution < 1.29 is 14.0 Å². The maximum Gasteiger partial charge on any atom is 0.325 e. The van der Waals surface area contributed by atoms with E-state index in [4.69, 9.17) is 0 Å². The second-order valence-corrected chi connectivity index (χ2v) is 7.39. The van der Waals surface area contributed by atoms with E-state index in [9.17, 15) is 14.0 Å². The molecular weight excluding hydrogens is 423 g/mol. The summed E-state index contributed by atoms with van der Waals surface area (Å²) in [6.45, 7) is 0.0347. The Morgan fingerprint density at radius 1 is 0.893 bits per heavy atom. The molecule has 1 aliphatic rings. The number of urea groups is 1. The maximum atomic E-state index is 13.6. The predicted octanol–water partition coefficient (Wildman–Crippen LogP) is 4.58. The van der Waals surface area contributed by atoms with Crippen molar-refractivity contribution in [1.82, 2.24) is 10.2 Å². The molecule has 4 nitrogen and oxygen atoms in total. The number of nitrogens with zero attached hydrogens (tertiary/aromatic N) is 1. The van der Waals surface area contributed by atoms with E-state index in [-0.39, 0.29) is 12.5 Å². The second kappa shape index (κ2) is 7.20. The Kier molecular flexibility index (Phi) is 4.73. The van der Waals surface area contributed by atoms with Crippen LogP contribution in [-0.2, 0) is 16.9 Å². The van der Waals surface area contributed by atoms with Crippen LogP contribution in [0, 0.1) is 5.82 Å². The van der Waals surface area contributed by atoms with Gasteiger partial charge in [-0.05, 0) is 28.8 Å². The lowest BCUT2D eigenvalue weighted by Gasteiger charge is -2.28. The lowest BCUT2D eigenvalue weighted by Crippen LogP contribution is -2.45. The van der Waals surface area contributed by atoms with E-state index in [2.05, 4.69) is 21.2 Å². The minimum atomic E-state index is -1.30. The molecular formula is C22H16BrFN2O2. The molecule has 3 aromatic rings. The number of benzene rings is 3. The number of hydrogen-bond donors (Lipinski definition) is 1. The second-order valence-electron chi connectivity index (χ2n) is 6.54. The Balaban J connectivity index is 1.79. The van der Waals surface area contributed by atoms with Gasteiger partial charge in [0.1, 0.15) is 5.82 Å². The third kappa shape index (κ3) is 2.99. The van der Waals surface area contributed by atoms with Crippen LogP contribution < -0.4 is 5.32 Å². The first kappa shape index (κ1) is 18.4. The van der Waals surface area contributed by atoms with Gasteiger partial charge in [0, 0.05) is 4.47 Å². The van der Waals surface area contributed by atoms with Crippen molar-refractivity contribution >= 4 is 27.9 Å². The molecule has 1 N–H and O–H groups in total. The van der Waals surface area contributed by atoms with Crippen LogP contribution in [0.1, 0.15) is 16.7 Å². The van der Waals surface area contributed by atoms with Crippen LogP contribution in [0.15, 0.2) is 83.3 Å². The van der Waals surface area contributed by atoms with Crippen LogP contribution in [0.25, 0.3) is 0 Å². The van der Waals surface area contributed by atoms with E-state index in [1.54, 1.807) is 6.07 Å². The van der Waals surface area contributed by atoms with Gasteiger partial charge in [-0.15, -0.1) is 0 Å². The molecule has 0 aromatic heterocycles. The summed E-state index contributed by atoms with van der Waals surface area (Å²) in [4.78, 5) is 27.6. The molecule has 3 amide bonds. The topological polar surface area (TPSA) is 49.4 Å². The van der Waals surface area contributed by atoms with Gasteiger partial charge in [-0.25, -0.2) is 9.18 Å². The number of hydrogen-bond acceptors (Lipinski definition) is 2. The summed E-state index contributed by atoms with van der Waals surface area (Å²) in [6, 6.07) is 22.0. The van der Waals surface area contributed by atoms with Crippen LogP contribution in [0.3, 0.4) is 0 Å². The zero-order chi connectivity index (χ0) is 19.7. The van der Waals surface area contributed by atoms with Gasteiger partial charge in [-0.1, -0.05) is 82.7 Å². The zero-order valence-electron chi connectivity index (χ0n) is 14.7. The molecule has 0 aliphatic carbocycles. The van der Waals surface area contributed by atoms with E-state index < -0.39 is 17.4 Å². The van der Waals surface area contributed by atoms with Crippen molar-refractivity contribution in [3.05, 3.63) is 106 Å². The minimum absolute atomic E-state index is 0.0347. The van der Waals surface area contributed by atoms with E-state index in [1.807, 2.05) is 60.7 Å². The number of carbonyl (C=O) groups excluding carboxylic acids is 2. The van der Waals surface area contributed by atoms with Crippen molar-refractivity contribution in [1.29, 1.82) is 0 Å². The highest BCUT2D eigenvalue weighted by Gasteiger charge is 2.53. The Hall–Kier alpha value is -2.99. The van der Waals surface area contributed by atoms with E-state index in [0.717, 1.165) is 4.90 Å². The third-order valence-electron chi connectivity index (χ3n) is 4.86. The predicted molar refractivity (Wildman–Crippen MR) is 107 cm³/mol. The van der Waals surface area contributed by atoms with Gasteiger partial charge < -0.3 is 5.32 Å². The Bertz CT molecular complexity index is 1000. The van der Waals surface area contributed by atoms with Crippen molar-refractivity contribution in [2.45, 2.75) is 12.1 Å². The van der Waals surface area contributed by atoms with Crippen LogP contribution >= 0.6 is 15.9 Å². The number of halogens is 2. The van der Waals surface area contributed by atoms with Crippen LogP contribution in [-0.4, -0.2) is 16.8 Å². The molecule has 1 aliphatic heterocycles. The molecule has 0 radical (unpaired) electrons. The highest BCUT2D eigenvalue weighted by atomic mass is 79.9. The zero-order valence-corrected chi connectivity index (χ0v) is 16.3. The minimum Gasteiger partial charge on any atom is -0.315 e. The standard InChI is InChI=1S/C22H16BrFN2O2/c23-19-13-18(24)12-11-15(19)14-26-20(27)22(25-21(26)28,16-7-3-1-4-8-16)17-9-5-2-6-10-17/h1-13H,14H2,(H,25,28). The first-order valence-electron chi connectivity index (χ1n) is 8.71. The number of rotatable bonds is 4. The fourth-order valence-electron chi connectivity index (χ4n) is 3.47. The first-order valence-corrected chi connectivity index (χ1v) is 9.51. The number of nitrogens with one attached hydrogen (secondary N) is 1. The Morgan fingerprint density at radius 3 is 2.00 bits per heavy atom. The van der Waals surface area contributed by atoms with E-state index in [0.29, 0.717) is 21.2 Å². The van der Waals surface area contributed by atoms with Gasteiger partial charge in [0.2, 0.25) is 0 Å². The number of imide groups is 1. The normalized spacial score (nSPS) is 15.6. The molecule has 0 saturated carbocycles. The van der Waals surface area contributed by atoms with Crippen LogP contribution in [0.2, 0.25) is 0 Å². The fourth-order valence-corrected chi connectivity index (χ4v) is 3.95. The van der Waals surface area contributed by atoms with Gasteiger partial charge in [0.15, 0.2) is 5.54 Å². The van der Waals surface area contributed by atoms with Gasteiger partial charge in [0.25, 0.3) is 5.91 Å². The molecule has 1 fully saturated rings. The molecule has 0 atom stereocenters. The summed E-state index contributed by atoms with van der Waals surface area (Å²) in [5.74, 6) is -0.762. The monoisotopic (exact) mass is 438 g/mol. The molecule has 1 heterocycles. The van der Waals surface area contributed by atoms with Crippen molar-refractivity contribution in [3.63, 3.8) is 0 Å². The molecule has 140 valence electrons. The molecule has 6 heteroatoms.